The summed E-state index contributed by atoms with van der Waals surface area (Å²) in [5, 5.41) is 0. The maximum Gasteiger partial charge on any atom is 0.339 e. The summed E-state index contributed by atoms with van der Waals surface area (Å²) in [6, 6.07) is 1.63. The Morgan fingerprint density at radius 1 is 1.15 bits per heavy atom. The molecular formula is C19H23N3O5. The van der Waals surface area contributed by atoms with Gasteiger partial charge >= 0.3 is 5.97 Å². The van der Waals surface area contributed by atoms with Crippen LogP contribution in [0.15, 0.2) is 23.0 Å². The van der Waals surface area contributed by atoms with Gasteiger partial charge in [0.1, 0.15) is 12.0 Å². The normalized spacial score (nSPS) is 14.3. The van der Waals surface area contributed by atoms with E-state index in [0.29, 0.717) is 60.7 Å². The van der Waals surface area contributed by atoms with E-state index in [-0.39, 0.29) is 11.8 Å². The molecule has 0 unspecified atom stereocenters. The first-order valence-electron chi connectivity index (χ1n) is 8.88. The number of hydrogen-bond donors (Lipinski definition) is 1. The third-order valence-electron chi connectivity index (χ3n) is 4.91. The molecule has 0 atom stereocenters. The molecule has 3 rings (SSSR count). The number of ether oxygens (including phenoxy) is 1. The van der Waals surface area contributed by atoms with E-state index in [4.69, 9.17) is 9.15 Å². The van der Waals surface area contributed by atoms with Crippen LogP contribution in [0.4, 0.5) is 0 Å². The molecule has 0 aliphatic carbocycles. The number of amides is 2. The first kappa shape index (κ1) is 18.8. The van der Waals surface area contributed by atoms with Crippen LogP contribution in [0, 0.1) is 6.92 Å². The SMILES string of the molecule is CCc1[nH]c(C(=O)N2CCN(C(=O)c3ccoc3)CC2)c(C)c1C(=O)OC. The van der Waals surface area contributed by atoms with Gasteiger partial charge in [-0.2, -0.15) is 0 Å². The molecule has 8 nitrogen and oxygen atoms in total. The molecule has 0 bridgehead atoms. The predicted octanol–water partition coefficient (Wildman–Crippen LogP) is 1.86. The quantitative estimate of drug-likeness (QED) is 0.826. The van der Waals surface area contributed by atoms with Gasteiger partial charge in [0.25, 0.3) is 11.8 Å². The second kappa shape index (κ2) is 7.69. The fraction of sp³-hybridized carbons (Fsp3) is 0.421. The summed E-state index contributed by atoms with van der Waals surface area (Å²) >= 11 is 0. The molecule has 2 amide bonds. The summed E-state index contributed by atoms with van der Waals surface area (Å²) < 4.78 is 9.79. The molecule has 27 heavy (non-hydrogen) atoms. The molecule has 0 spiro atoms. The number of nitrogens with one attached hydrogen (secondary N) is 1. The Kier molecular flexibility index (Phi) is 5.34. The lowest BCUT2D eigenvalue weighted by atomic mass is 10.1. The molecule has 1 aliphatic heterocycles. The van der Waals surface area contributed by atoms with Gasteiger partial charge in [0.2, 0.25) is 0 Å². The van der Waals surface area contributed by atoms with Crippen LogP contribution < -0.4 is 0 Å². The van der Waals surface area contributed by atoms with Gasteiger partial charge in [-0.3, -0.25) is 9.59 Å². The Hall–Kier alpha value is -3.03. The number of esters is 1. The van der Waals surface area contributed by atoms with E-state index in [0.717, 1.165) is 0 Å². The first-order valence-corrected chi connectivity index (χ1v) is 8.88. The van der Waals surface area contributed by atoms with E-state index in [1.807, 2.05) is 6.92 Å². The van der Waals surface area contributed by atoms with Crippen molar-refractivity contribution in [2.24, 2.45) is 0 Å². The van der Waals surface area contributed by atoms with Crippen LogP contribution in [0.1, 0.15) is 49.4 Å². The van der Waals surface area contributed by atoms with E-state index in [1.54, 1.807) is 22.8 Å². The zero-order valence-corrected chi connectivity index (χ0v) is 15.7. The van der Waals surface area contributed by atoms with Crippen LogP contribution in [0.5, 0.6) is 0 Å². The van der Waals surface area contributed by atoms with Crippen LogP contribution in [0.2, 0.25) is 0 Å². The molecule has 2 aromatic heterocycles. The molecule has 3 heterocycles. The molecule has 0 saturated carbocycles. The lowest BCUT2D eigenvalue weighted by Gasteiger charge is -2.34. The van der Waals surface area contributed by atoms with Crippen LogP contribution >= 0.6 is 0 Å². The highest BCUT2D eigenvalue weighted by molar-refractivity contribution is 6.00. The van der Waals surface area contributed by atoms with Gasteiger partial charge < -0.3 is 23.9 Å². The lowest BCUT2D eigenvalue weighted by Crippen LogP contribution is -2.50. The van der Waals surface area contributed by atoms with Gasteiger partial charge in [-0.15, -0.1) is 0 Å². The van der Waals surface area contributed by atoms with Gasteiger partial charge in [-0.05, 0) is 25.0 Å². The summed E-state index contributed by atoms with van der Waals surface area (Å²) in [6.07, 6.45) is 3.47. The highest BCUT2D eigenvalue weighted by Crippen LogP contribution is 2.22. The summed E-state index contributed by atoms with van der Waals surface area (Å²) in [4.78, 5) is 43.8. The predicted molar refractivity (Wildman–Crippen MR) is 96.8 cm³/mol. The number of furan rings is 1. The third kappa shape index (κ3) is 3.47. The highest BCUT2D eigenvalue weighted by Gasteiger charge is 2.30. The number of aromatic amines is 1. The average molecular weight is 373 g/mol. The number of H-pyrrole nitrogens is 1. The number of rotatable bonds is 4. The van der Waals surface area contributed by atoms with E-state index in [9.17, 15) is 14.4 Å². The van der Waals surface area contributed by atoms with Crippen molar-refractivity contribution >= 4 is 17.8 Å². The molecule has 1 N–H and O–H groups in total. The Morgan fingerprint density at radius 2 is 1.78 bits per heavy atom. The largest absolute Gasteiger partial charge is 0.472 e. The number of carbonyl (C=O) groups excluding carboxylic acids is 3. The first-order chi connectivity index (χ1) is 13.0. The van der Waals surface area contributed by atoms with Crippen molar-refractivity contribution in [3.05, 3.63) is 46.7 Å². The van der Waals surface area contributed by atoms with Crippen molar-refractivity contribution in [2.75, 3.05) is 33.3 Å². The summed E-state index contributed by atoms with van der Waals surface area (Å²) in [5.41, 5.74) is 2.63. The van der Waals surface area contributed by atoms with E-state index >= 15 is 0 Å². The van der Waals surface area contributed by atoms with Gasteiger partial charge in [-0.25, -0.2) is 4.79 Å². The molecule has 1 fully saturated rings. The molecule has 144 valence electrons. The van der Waals surface area contributed by atoms with Crippen LogP contribution in [-0.2, 0) is 11.2 Å². The summed E-state index contributed by atoms with van der Waals surface area (Å²) in [7, 11) is 1.33. The maximum atomic E-state index is 12.9. The number of hydrogen-bond acceptors (Lipinski definition) is 5. The smallest absolute Gasteiger partial charge is 0.339 e. The van der Waals surface area contributed by atoms with E-state index in [2.05, 4.69) is 4.98 Å². The van der Waals surface area contributed by atoms with E-state index < -0.39 is 5.97 Å². The second-order valence-electron chi connectivity index (χ2n) is 6.42. The van der Waals surface area contributed by atoms with Gasteiger partial charge in [-0.1, -0.05) is 6.92 Å². The minimum Gasteiger partial charge on any atom is -0.472 e. The van der Waals surface area contributed by atoms with Gasteiger partial charge in [0.05, 0.1) is 24.5 Å². The van der Waals surface area contributed by atoms with Gasteiger partial charge in [0, 0.05) is 31.9 Å². The maximum absolute atomic E-state index is 12.9. The standard InChI is InChI=1S/C19H23N3O5/c1-4-14-15(19(25)26-3)12(2)16(20-14)18(24)22-8-6-21(7-9-22)17(23)13-5-10-27-11-13/h5,10-11,20H,4,6-9H2,1-3H3. The molecule has 1 saturated heterocycles. The summed E-state index contributed by atoms with van der Waals surface area (Å²) in [6.45, 7) is 5.39. The molecule has 0 aromatic carbocycles. The number of piperazine rings is 1. The second-order valence-corrected chi connectivity index (χ2v) is 6.42. The van der Waals surface area contributed by atoms with Crippen molar-refractivity contribution in [3.63, 3.8) is 0 Å². The number of aryl methyl sites for hydroxylation is 1. The minimum absolute atomic E-state index is 0.104. The van der Waals surface area contributed by atoms with Gasteiger partial charge in [0.15, 0.2) is 0 Å². The third-order valence-corrected chi connectivity index (χ3v) is 4.91. The average Bonchev–Trinajstić information content (AvgIpc) is 3.34. The monoisotopic (exact) mass is 373 g/mol. The number of aromatic nitrogens is 1. The number of nitrogens with zero attached hydrogens (tertiary/aromatic N) is 2. The number of carbonyl (C=O) groups is 3. The Balaban J connectivity index is 1.72. The van der Waals surface area contributed by atoms with Crippen molar-refractivity contribution in [2.45, 2.75) is 20.3 Å². The highest BCUT2D eigenvalue weighted by atomic mass is 16.5. The molecule has 1 aliphatic rings. The molecule has 0 radical (unpaired) electrons. The topological polar surface area (TPSA) is 95.9 Å². The van der Waals surface area contributed by atoms with Crippen LogP contribution in [0.3, 0.4) is 0 Å². The van der Waals surface area contributed by atoms with Crippen LogP contribution in [-0.4, -0.2) is 65.9 Å². The molecule has 8 heteroatoms. The van der Waals surface area contributed by atoms with Crippen molar-refractivity contribution in [1.82, 2.24) is 14.8 Å². The van der Waals surface area contributed by atoms with Crippen molar-refractivity contribution in [1.29, 1.82) is 0 Å². The lowest BCUT2D eigenvalue weighted by molar-refractivity contribution is 0.0531. The van der Waals surface area contributed by atoms with Crippen molar-refractivity contribution in [3.8, 4) is 0 Å². The molecular weight excluding hydrogens is 350 g/mol. The summed E-state index contributed by atoms with van der Waals surface area (Å²) in [5.74, 6) is -0.726. The Bertz CT molecular complexity index is 845. The fourth-order valence-corrected chi connectivity index (χ4v) is 3.36. The zero-order chi connectivity index (χ0) is 19.6. The Morgan fingerprint density at radius 3 is 2.30 bits per heavy atom. The van der Waals surface area contributed by atoms with E-state index in [1.165, 1.54) is 19.6 Å². The van der Waals surface area contributed by atoms with Crippen molar-refractivity contribution < 1.29 is 23.5 Å². The zero-order valence-electron chi connectivity index (χ0n) is 15.7. The fourth-order valence-electron chi connectivity index (χ4n) is 3.36. The van der Waals surface area contributed by atoms with Crippen LogP contribution in [0.25, 0.3) is 0 Å². The Labute approximate surface area is 157 Å². The minimum atomic E-state index is -0.449. The number of methoxy groups -OCH3 is 1. The molecule has 2 aromatic rings.